The highest BCUT2D eigenvalue weighted by molar-refractivity contribution is 4.99. The minimum atomic E-state index is 0.833. The van der Waals surface area contributed by atoms with Crippen molar-refractivity contribution in [3.63, 3.8) is 0 Å². The van der Waals surface area contributed by atoms with Gasteiger partial charge in [0.05, 0.1) is 0 Å². The van der Waals surface area contributed by atoms with Gasteiger partial charge in [0, 0.05) is 0 Å². The summed E-state index contributed by atoms with van der Waals surface area (Å²) in [5, 5.41) is 0. The van der Waals surface area contributed by atoms with Crippen LogP contribution in [-0.2, 0) is 0 Å². The summed E-state index contributed by atoms with van der Waals surface area (Å²) < 4.78 is 0. The molecule has 0 fully saturated rings. The van der Waals surface area contributed by atoms with E-state index >= 15 is 0 Å². The van der Waals surface area contributed by atoms with Crippen molar-refractivity contribution in [2.75, 3.05) is 0 Å². The van der Waals surface area contributed by atoms with Gasteiger partial charge in [0.25, 0.3) is 0 Å². The summed E-state index contributed by atoms with van der Waals surface area (Å²) in [6.45, 7) is 18.5. The number of hydrogen-bond donors (Lipinski definition) is 0. The van der Waals surface area contributed by atoms with Crippen LogP contribution in [0.25, 0.3) is 0 Å². The molecule has 0 atom stereocenters. The molecule has 22 heavy (non-hydrogen) atoms. The van der Waals surface area contributed by atoms with Gasteiger partial charge in [-0.1, -0.05) is 135 Å². The van der Waals surface area contributed by atoms with Gasteiger partial charge in [-0.25, -0.2) is 0 Å². The summed E-state index contributed by atoms with van der Waals surface area (Å²) in [7, 11) is 0. The molecule has 0 saturated heterocycles. The van der Waals surface area contributed by atoms with E-state index in [1.807, 2.05) is 114 Å². The summed E-state index contributed by atoms with van der Waals surface area (Å²) in [6.07, 6.45) is 0. The van der Waals surface area contributed by atoms with Crippen LogP contribution in [0.2, 0.25) is 0 Å². The van der Waals surface area contributed by atoms with Crippen molar-refractivity contribution in [3.8, 4) is 0 Å². The zero-order valence-electron chi connectivity index (χ0n) is 16.5. The smallest absolute Gasteiger partial charge is 0.0500 e. The lowest BCUT2D eigenvalue weighted by atomic mass is 10.3. The molecule has 0 aliphatic carbocycles. The van der Waals surface area contributed by atoms with Gasteiger partial charge in [-0.15, -0.1) is 0 Å². The van der Waals surface area contributed by atoms with E-state index in [1.54, 1.807) is 0 Å². The van der Waals surface area contributed by atoms with Crippen molar-refractivity contribution < 1.29 is 0 Å². The number of benzene rings is 2. The van der Waals surface area contributed by atoms with E-state index in [4.69, 9.17) is 0 Å². The maximum absolute atomic E-state index is 2.17. The molecule has 2 aromatic rings. The predicted molar refractivity (Wildman–Crippen MR) is 107 cm³/mol. The van der Waals surface area contributed by atoms with Crippen LogP contribution in [0.3, 0.4) is 0 Å². The van der Waals surface area contributed by atoms with E-state index in [0.717, 1.165) is 5.92 Å². The second-order valence-electron chi connectivity index (χ2n) is 4.04. The van der Waals surface area contributed by atoms with Gasteiger partial charge >= 0.3 is 0 Å². The van der Waals surface area contributed by atoms with Crippen LogP contribution in [0.5, 0.6) is 0 Å². The zero-order chi connectivity index (χ0) is 18.1. The Bertz CT molecular complexity index is 210. The Balaban J connectivity index is -0.0000000960. The van der Waals surface area contributed by atoms with Crippen LogP contribution in [0, 0.1) is 5.92 Å². The highest BCUT2D eigenvalue weighted by Gasteiger charge is 1.68. The van der Waals surface area contributed by atoms with E-state index in [0.29, 0.717) is 0 Å². The molecule has 0 amide bonds. The van der Waals surface area contributed by atoms with Crippen LogP contribution in [0.4, 0.5) is 0 Å². The van der Waals surface area contributed by atoms with Gasteiger partial charge in [0.2, 0.25) is 0 Å². The summed E-state index contributed by atoms with van der Waals surface area (Å²) in [5.74, 6) is 0.833. The molecule has 0 aliphatic rings. The lowest BCUT2D eigenvalue weighted by Gasteiger charge is -1.79. The third-order valence-corrected chi connectivity index (χ3v) is 1.33. The lowest BCUT2D eigenvalue weighted by Crippen LogP contribution is -1.66. The average Bonchev–Trinajstić information content (AvgIpc) is 2.63. The van der Waals surface area contributed by atoms with E-state index in [2.05, 4.69) is 20.8 Å². The molecule has 2 rings (SSSR count). The molecule has 0 N–H and O–H groups in total. The minimum absolute atomic E-state index is 0.833. The quantitative estimate of drug-likeness (QED) is 0.461. The molecule has 128 valence electrons. The first kappa shape index (κ1) is 28.6. The zero-order valence-corrected chi connectivity index (χ0v) is 16.5. The lowest BCUT2D eigenvalue weighted by molar-refractivity contribution is 0.737. The van der Waals surface area contributed by atoms with Gasteiger partial charge in [-0.3, -0.25) is 0 Å². The molecule has 0 bridgehead atoms. The Morgan fingerprint density at radius 2 is 0.364 bits per heavy atom. The van der Waals surface area contributed by atoms with E-state index < -0.39 is 0 Å². The van der Waals surface area contributed by atoms with Crippen molar-refractivity contribution in [2.45, 2.75) is 62.3 Å². The first-order valence-electron chi connectivity index (χ1n) is 8.73. The van der Waals surface area contributed by atoms with Crippen LogP contribution in [0.1, 0.15) is 62.3 Å². The first-order valence-corrected chi connectivity index (χ1v) is 8.73. The minimum Gasteiger partial charge on any atom is -0.0683 e. The molecule has 0 radical (unpaired) electrons. The molecule has 0 spiro atoms. The second kappa shape index (κ2) is 36.6. The van der Waals surface area contributed by atoms with Crippen LogP contribution < -0.4 is 0 Å². The molecule has 0 aliphatic heterocycles. The number of hydrogen-bond acceptors (Lipinski definition) is 0. The van der Waals surface area contributed by atoms with E-state index in [-0.39, 0.29) is 0 Å². The van der Waals surface area contributed by atoms with Crippen LogP contribution >= 0.6 is 0 Å². The molecule has 0 heteroatoms. The largest absolute Gasteiger partial charge is 0.0683 e. The number of rotatable bonds is 0. The predicted octanol–water partition coefficient (Wildman–Crippen LogP) is 8.11. The van der Waals surface area contributed by atoms with Crippen molar-refractivity contribution in [2.24, 2.45) is 5.92 Å². The molecule has 0 nitrogen and oxygen atoms in total. The van der Waals surface area contributed by atoms with Gasteiger partial charge < -0.3 is 0 Å². The molecular weight excluding hydrogens is 264 g/mol. The van der Waals surface area contributed by atoms with Gasteiger partial charge in [-0.05, 0) is 5.92 Å². The Hall–Kier alpha value is -1.56. The molecular formula is C22H40. The van der Waals surface area contributed by atoms with Gasteiger partial charge in [-0.2, -0.15) is 0 Å². The molecule has 2 aromatic carbocycles. The van der Waals surface area contributed by atoms with Crippen molar-refractivity contribution >= 4 is 0 Å². The van der Waals surface area contributed by atoms with Crippen LogP contribution in [0.15, 0.2) is 72.8 Å². The standard InChI is InChI=1S/2C6H6.C4H10.3C2H6/c2*1-2-4-6-5-3-1;1-4(2)3;3*1-2/h2*1-6H;4H,1-3H3;3*1-2H3. The monoisotopic (exact) mass is 304 g/mol. The molecule has 0 saturated carbocycles. The third-order valence-electron chi connectivity index (χ3n) is 1.33. The third kappa shape index (κ3) is 51.5. The SMILES string of the molecule is CC.CC.CC.CC(C)C.c1ccccc1.c1ccccc1. The summed E-state index contributed by atoms with van der Waals surface area (Å²) in [5.41, 5.74) is 0. The first-order chi connectivity index (χ1) is 10.7. The van der Waals surface area contributed by atoms with E-state index in [1.165, 1.54) is 0 Å². The van der Waals surface area contributed by atoms with Gasteiger partial charge in [0.1, 0.15) is 0 Å². The van der Waals surface area contributed by atoms with E-state index in [9.17, 15) is 0 Å². The molecule has 0 heterocycles. The Morgan fingerprint density at radius 3 is 0.409 bits per heavy atom. The summed E-state index contributed by atoms with van der Waals surface area (Å²) in [4.78, 5) is 0. The highest BCUT2D eigenvalue weighted by Crippen LogP contribution is 1.81. The Labute approximate surface area is 141 Å². The fourth-order valence-electron chi connectivity index (χ4n) is 0.770. The van der Waals surface area contributed by atoms with Crippen molar-refractivity contribution in [3.05, 3.63) is 72.8 Å². The van der Waals surface area contributed by atoms with Crippen molar-refractivity contribution in [1.29, 1.82) is 0 Å². The second-order valence-corrected chi connectivity index (χ2v) is 4.04. The fourth-order valence-corrected chi connectivity index (χ4v) is 0.770. The maximum atomic E-state index is 2.17. The average molecular weight is 305 g/mol. The van der Waals surface area contributed by atoms with Gasteiger partial charge in [0.15, 0.2) is 0 Å². The normalized spacial score (nSPS) is 6.82. The molecule has 0 aromatic heterocycles. The van der Waals surface area contributed by atoms with Crippen molar-refractivity contribution in [1.82, 2.24) is 0 Å². The Morgan fingerprint density at radius 1 is 0.318 bits per heavy atom. The molecule has 0 unspecified atom stereocenters. The highest BCUT2D eigenvalue weighted by atomic mass is 13.7. The summed E-state index contributed by atoms with van der Waals surface area (Å²) in [6, 6.07) is 24.0. The van der Waals surface area contributed by atoms with Crippen LogP contribution in [-0.4, -0.2) is 0 Å². The topological polar surface area (TPSA) is 0 Å². The summed E-state index contributed by atoms with van der Waals surface area (Å²) >= 11 is 0. The fraction of sp³-hybridized carbons (Fsp3) is 0.455. The Kier molecular flexibility index (Phi) is 47.5. The maximum Gasteiger partial charge on any atom is -0.0500 e.